The normalized spacial score (nSPS) is 19.4. The summed E-state index contributed by atoms with van der Waals surface area (Å²) in [5.74, 6) is 1.80. The predicted octanol–water partition coefficient (Wildman–Crippen LogP) is 3.35. The molecule has 3 unspecified atom stereocenters. The van der Waals surface area contributed by atoms with Crippen molar-refractivity contribution in [2.75, 3.05) is 31.5 Å². The maximum absolute atomic E-state index is 13.6. The maximum Gasteiger partial charge on any atom is 0.232 e. The smallest absolute Gasteiger partial charge is 0.232 e. The number of hydrogen-bond donors (Lipinski definition) is 2. The van der Waals surface area contributed by atoms with Crippen LogP contribution in [0.25, 0.3) is 0 Å². The number of nitrogens with zero attached hydrogens (tertiary/aromatic N) is 3. The molecular weight excluding hydrogens is 410 g/mol. The van der Waals surface area contributed by atoms with Gasteiger partial charge in [0.05, 0.1) is 38.5 Å². The third-order valence-corrected chi connectivity index (χ3v) is 5.57. The standard InChI is InChI=1S/C23H27N5O4/c1-5-32-18-11-10-15(12-19(18)31-4)21-20(14(2)26-23-24-13-25-28(21)23)22(29)27-16-8-6-7-9-17(16)30-3/h6-14,20-21H,5H2,1-4H3,(H,27,29)(H,24,25,26). The molecule has 0 spiro atoms. The first kappa shape index (κ1) is 21.5. The highest BCUT2D eigenvalue weighted by molar-refractivity contribution is 5.95. The Labute approximate surface area is 186 Å². The van der Waals surface area contributed by atoms with Crippen molar-refractivity contribution in [1.82, 2.24) is 14.8 Å². The van der Waals surface area contributed by atoms with Gasteiger partial charge in [-0.2, -0.15) is 10.1 Å². The highest BCUT2D eigenvalue weighted by Gasteiger charge is 2.41. The summed E-state index contributed by atoms with van der Waals surface area (Å²) in [6.07, 6.45) is 1.48. The molecule has 0 saturated carbocycles. The lowest BCUT2D eigenvalue weighted by Gasteiger charge is -2.37. The van der Waals surface area contributed by atoms with E-state index >= 15 is 0 Å². The van der Waals surface area contributed by atoms with E-state index in [1.807, 2.05) is 56.3 Å². The number of amides is 1. The van der Waals surface area contributed by atoms with Crippen LogP contribution in [-0.4, -0.2) is 47.5 Å². The molecule has 2 heterocycles. The van der Waals surface area contributed by atoms with E-state index < -0.39 is 12.0 Å². The van der Waals surface area contributed by atoms with E-state index in [2.05, 4.69) is 20.7 Å². The zero-order chi connectivity index (χ0) is 22.7. The minimum atomic E-state index is -0.489. The second kappa shape index (κ2) is 9.17. The van der Waals surface area contributed by atoms with Crippen molar-refractivity contribution in [2.24, 2.45) is 5.92 Å². The van der Waals surface area contributed by atoms with E-state index in [1.165, 1.54) is 6.33 Å². The first-order chi connectivity index (χ1) is 15.6. The molecule has 1 aliphatic heterocycles. The average Bonchev–Trinajstić information content (AvgIpc) is 3.27. The number of hydrogen-bond acceptors (Lipinski definition) is 7. The Morgan fingerprint density at radius 1 is 1.12 bits per heavy atom. The maximum atomic E-state index is 13.6. The van der Waals surface area contributed by atoms with E-state index in [0.29, 0.717) is 35.5 Å². The van der Waals surface area contributed by atoms with Crippen molar-refractivity contribution < 1.29 is 19.0 Å². The zero-order valence-electron chi connectivity index (χ0n) is 18.5. The van der Waals surface area contributed by atoms with Crippen LogP contribution in [0.4, 0.5) is 11.6 Å². The second-order valence-corrected chi connectivity index (χ2v) is 7.46. The summed E-state index contributed by atoms with van der Waals surface area (Å²) in [5.41, 5.74) is 1.48. The zero-order valence-corrected chi connectivity index (χ0v) is 18.5. The topological polar surface area (TPSA) is 99.5 Å². The molecule has 0 radical (unpaired) electrons. The molecule has 168 valence electrons. The van der Waals surface area contributed by atoms with Crippen LogP contribution >= 0.6 is 0 Å². The quantitative estimate of drug-likeness (QED) is 0.585. The van der Waals surface area contributed by atoms with Gasteiger partial charge in [-0.05, 0) is 43.7 Å². The van der Waals surface area contributed by atoms with Gasteiger partial charge in [-0.15, -0.1) is 0 Å². The molecule has 3 aromatic rings. The summed E-state index contributed by atoms with van der Waals surface area (Å²) in [6.45, 7) is 4.41. The van der Waals surface area contributed by atoms with Crippen molar-refractivity contribution in [1.29, 1.82) is 0 Å². The fourth-order valence-electron chi connectivity index (χ4n) is 4.10. The molecule has 0 saturated heterocycles. The van der Waals surface area contributed by atoms with Gasteiger partial charge in [-0.3, -0.25) is 4.79 Å². The van der Waals surface area contributed by atoms with Crippen LogP contribution in [0.5, 0.6) is 17.2 Å². The number of methoxy groups -OCH3 is 2. The van der Waals surface area contributed by atoms with E-state index in [-0.39, 0.29) is 11.9 Å². The van der Waals surface area contributed by atoms with Crippen LogP contribution in [0, 0.1) is 5.92 Å². The van der Waals surface area contributed by atoms with E-state index in [9.17, 15) is 4.79 Å². The second-order valence-electron chi connectivity index (χ2n) is 7.46. The largest absolute Gasteiger partial charge is 0.495 e. The summed E-state index contributed by atoms with van der Waals surface area (Å²) in [6, 6.07) is 12.4. The molecule has 1 aliphatic rings. The lowest BCUT2D eigenvalue weighted by atomic mass is 9.85. The van der Waals surface area contributed by atoms with E-state index in [4.69, 9.17) is 14.2 Å². The van der Waals surface area contributed by atoms with Gasteiger partial charge in [0.25, 0.3) is 0 Å². The van der Waals surface area contributed by atoms with Gasteiger partial charge in [0, 0.05) is 6.04 Å². The molecule has 2 N–H and O–H groups in total. The van der Waals surface area contributed by atoms with Gasteiger partial charge < -0.3 is 24.8 Å². The average molecular weight is 438 g/mol. The minimum absolute atomic E-state index is 0.159. The summed E-state index contributed by atoms with van der Waals surface area (Å²) in [4.78, 5) is 17.9. The number of anilines is 2. The summed E-state index contributed by atoms with van der Waals surface area (Å²) < 4.78 is 18.3. The van der Waals surface area contributed by atoms with Gasteiger partial charge in [0.2, 0.25) is 11.9 Å². The molecule has 0 aliphatic carbocycles. The van der Waals surface area contributed by atoms with Crippen LogP contribution in [0.1, 0.15) is 25.5 Å². The van der Waals surface area contributed by atoms with Crippen LogP contribution in [-0.2, 0) is 4.79 Å². The lowest BCUT2D eigenvalue weighted by Crippen LogP contribution is -2.46. The molecule has 9 heteroatoms. The Kier molecular flexibility index (Phi) is 6.16. The molecule has 0 bridgehead atoms. The molecule has 4 rings (SSSR count). The third-order valence-electron chi connectivity index (χ3n) is 5.57. The number of carbonyl (C=O) groups is 1. The number of carbonyl (C=O) groups excluding carboxylic acids is 1. The van der Waals surface area contributed by atoms with Gasteiger partial charge in [0.1, 0.15) is 12.1 Å². The number of fused-ring (bicyclic) bond motifs is 1. The molecule has 1 aromatic heterocycles. The predicted molar refractivity (Wildman–Crippen MR) is 121 cm³/mol. The molecule has 3 atom stereocenters. The SMILES string of the molecule is CCOc1ccc(C2C(C(=O)Nc3ccccc3OC)C(C)Nc3ncnn32)cc1OC. The number of aromatic nitrogens is 3. The summed E-state index contributed by atoms with van der Waals surface area (Å²) >= 11 is 0. The summed E-state index contributed by atoms with van der Waals surface area (Å²) in [7, 11) is 3.17. The Morgan fingerprint density at radius 2 is 1.91 bits per heavy atom. The van der Waals surface area contributed by atoms with Crippen molar-refractivity contribution >= 4 is 17.5 Å². The molecule has 1 amide bonds. The van der Waals surface area contributed by atoms with Crippen LogP contribution < -0.4 is 24.8 Å². The minimum Gasteiger partial charge on any atom is -0.495 e. The fraction of sp³-hybridized carbons (Fsp3) is 0.348. The molecule has 32 heavy (non-hydrogen) atoms. The number of rotatable bonds is 7. The van der Waals surface area contributed by atoms with Crippen LogP contribution in [0.15, 0.2) is 48.8 Å². The number of para-hydroxylation sites is 2. The Balaban J connectivity index is 1.74. The highest BCUT2D eigenvalue weighted by Crippen LogP contribution is 2.40. The van der Waals surface area contributed by atoms with Gasteiger partial charge in [0.15, 0.2) is 11.5 Å². The first-order valence-corrected chi connectivity index (χ1v) is 10.5. The Hall–Kier alpha value is -3.75. The lowest BCUT2D eigenvalue weighted by molar-refractivity contribution is -0.121. The van der Waals surface area contributed by atoms with Crippen LogP contribution in [0.3, 0.4) is 0 Å². The number of ether oxygens (including phenoxy) is 3. The first-order valence-electron chi connectivity index (χ1n) is 10.5. The van der Waals surface area contributed by atoms with Crippen molar-refractivity contribution in [2.45, 2.75) is 25.9 Å². The third kappa shape index (κ3) is 3.93. The van der Waals surface area contributed by atoms with Gasteiger partial charge in [-0.1, -0.05) is 18.2 Å². The molecule has 9 nitrogen and oxygen atoms in total. The molecular formula is C23H27N5O4. The van der Waals surface area contributed by atoms with E-state index in [0.717, 1.165) is 5.56 Å². The van der Waals surface area contributed by atoms with E-state index in [1.54, 1.807) is 18.9 Å². The highest BCUT2D eigenvalue weighted by atomic mass is 16.5. The van der Waals surface area contributed by atoms with Crippen molar-refractivity contribution in [3.05, 3.63) is 54.4 Å². The Bertz CT molecular complexity index is 1100. The molecule has 2 aromatic carbocycles. The monoisotopic (exact) mass is 437 g/mol. The number of benzene rings is 2. The van der Waals surface area contributed by atoms with Crippen molar-refractivity contribution in [3.63, 3.8) is 0 Å². The summed E-state index contributed by atoms with van der Waals surface area (Å²) in [5, 5.41) is 10.7. The van der Waals surface area contributed by atoms with Crippen molar-refractivity contribution in [3.8, 4) is 17.2 Å². The van der Waals surface area contributed by atoms with Gasteiger partial charge in [-0.25, -0.2) is 4.68 Å². The molecule has 0 fully saturated rings. The van der Waals surface area contributed by atoms with Gasteiger partial charge >= 0.3 is 0 Å². The Morgan fingerprint density at radius 3 is 2.66 bits per heavy atom. The van der Waals surface area contributed by atoms with Crippen LogP contribution in [0.2, 0.25) is 0 Å². The fourth-order valence-corrected chi connectivity index (χ4v) is 4.10. The number of nitrogens with one attached hydrogen (secondary N) is 2.